The molecule has 0 saturated carbocycles. The average molecular weight is 285 g/mol. The van der Waals surface area contributed by atoms with Gasteiger partial charge in [0.05, 0.1) is 0 Å². The van der Waals surface area contributed by atoms with Crippen molar-refractivity contribution >= 4 is 18.1 Å². The molecule has 116 valence electrons. The van der Waals surface area contributed by atoms with Crippen LogP contribution in [0.5, 0.6) is 0 Å². The molecule has 0 aromatic heterocycles. The van der Waals surface area contributed by atoms with E-state index in [0.29, 0.717) is 19.5 Å². The van der Waals surface area contributed by atoms with Gasteiger partial charge in [0.25, 0.3) is 0 Å². The number of nitrogens with zero attached hydrogens (tertiary/aromatic N) is 2. The van der Waals surface area contributed by atoms with Crippen LogP contribution in [0, 0.1) is 5.41 Å². The van der Waals surface area contributed by atoms with Crippen LogP contribution in [-0.4, -0.2) is 68.2 Å². The number of hydrogen-bond acceptors (Lipinski definition) is 4. The van der Waals surface area contributed by atoms with Gasteiger partial charge in [0, 0.05) is 39.0 Å². The molecule has 0 aliphatic carbocycles. The van der Waals surface area contributed by atoms with Crippen molar-refractivity contribution in [3.8, 4) is 0 Å². The first-order chi connectivity index (χ1) is 9.15. The van der Waals surface area contributed by atoms with Crippen LogP contribution < -0.4 is 5.32 Å². The quantitative estimate of drug-likeness (QED) is 0.643. The predicted octanol–water partition coefficient (Wildman–Crippen LogP) is 0.126. The van der Waals surface area contributed by atoms with Gasteiger partial charge in [0.2, 0.25) is 12.3 Å². The standard InChI is InChI=1S/C14H27N3O3/c1-14(2,3)12(19)9-11(17(6)10-18)13(20)16(5)8-7-15-4/h10-11,15H,7-9H2,1-6H3. The number of rotatable bonds is 8. The van der Waals surface area contributed by atoms with Crippen LogP contribution in [0.25, 0.3) is 0 Å². The molecule has 1 N–H and O–H groups in total. The molecule has 6 heteroatoms. The van der Waals surface area contributed by atoms with Crippen molar-refractivity contribution in [1.29, 1.82) is 0 Å². The van der Waals surface area contributed by atoms with Gasteiger partial charge >= 0.3 is 0 Å². The molecule has 0 radical (unpaired) electrons. The molecule has 1 unspecified atom stereocenters. The molecular formula is C14H27N3O3. The fourth-order valence-corrected chi connectivity index (χ4v) is 1.60. The summed E-state index contributed by atoms with van der Waals surface area (Å²) in [5, 5.41) is 2.96. The van der Waals surface area contributed by atoms with Crippen LogP contribution in [0.15, 0.2) is 0 Å². The van der Waals surface area contributed by atoms with Gasteiger partial charge in [-0.1, -0.05) is 20.8 Å². The second kappa shape index (κ2) is 7.99. The van der Waals surface area contributed by atoms with E-state index in [1.54, 1.807) is 14.1 Å². The maximum Gasteiger partial charge on any atom is 0.245 e. The van der Waals surface area contributed by atoms with Gasteiger partial charge in [0.15, 0.2) is 0 Å². The highest BCUT2D eigenvalue weighted by Crippen LogP contribution is 2.19. The minimum atomic E-state index is -0.735. The van der Waals surface area contributed by atoms with Gasteiger partial charge in [-0.3, -0.25) is 14.4 Å². The normalized spacial score (nSPS) is 12.7. The van der Waals surface area contributed by atoms with Gasteiger partial charge in [-0.05, 0) is 7.05 Å². The topological polar surface area (TPSA) is 69.7 Å². The van der Waals surface area contributed by atoms with Crippen molar-refractivity contribution in [3.05, 3.63) is 0 Å². The Kier molecular flexibility index (Phi) is 7.42. The molecule has 0 saturated heterocycles. The first kappa shape index (κ1) is 18.6. The van der Waals surface area contributed by atoms with Crippen LogP contribution in [0.2, 0.25) is 0 Å². The number of hydrogen-bond donors (Lipinski definition) is 1. The summed E-state index contributed by atoms with van der Waals surface area (Å²) in [4.78, 5) is 38.2. The summed E-state index contributed by atoms with van der Waals surface area (Å²) in [7, 11) is 5.00. The van der Waals surface area contributed by atoms with E-state index in [9.17, 15) is 14.4 Å². The molecule has 0 aliphatic heterocycles. The molecule has 0 rings (SSSR count). The van der Waals surface area contributed by atoms with Crippen LogP contribution in [0.1, 0.15) is 27.2 Å². The summed E-state index contributed by atoms with van der Waals surface area (Å²) < 4.78 is 0. The average Bonchev–Trinajstić information content (AvgIpc) is 2.38. The zero-order valence-corrected chi connectivity index (χ0v) is 13.4. The summed E-state index contributed by atoms with van der Waals surface area (Å²) >= 11 is 0. The molecule has 1 atom stereocenters. The number of likely N-dealkylation sites (N-methyl/N-ethyl adjacent to an activating group) is 3. The van der Waals surface area contributed by atoms with E-state index in [-0.39, 0.29) is 18.1 Å². The minimum Gasteiger partial charge on any atom is -0.343 e. The number of amides is 2. The van der Waals surface area contributed by atoms with E-state index in [0.717, 1.165) is 0 Å². The summed E-state index contributed by atoms with van der Waals surface area (Å²) in [6.07, 6.45) is 0.631. The fraction of sp³-hybridized carbons (Fsp3) is 0.786. The van der Waals surface area contributed by atoms with Crippen LogP contribution in [-0.2, 0) is 14.4 Å². The van der Waals surface area contributed by atoms with E-state index in [2.05, 4.69) is 5.32 Å². The number of nitrogens with one attached hydrogen (secondary N) is 1. The number of Topliss-reactive ketones (excluding diaryl/α,β-unsaturated/α-hetero) is 1. The van der Waals surface area contributed by atoms with Crippen molar-refractivity contribution < 1.29 is 14.4 Å². The second-order valence-electron chi connectivity index (χ2n) is 6.03. The zero-order chi connectivity index (χ0) is 15.9. The monoisotopic (exact) mass is 285 g/mol. The van der Waals surface area contributed by atoms with E-state index in [1.165, 1.54) is 16.8 Å². The summed E-state index contributed by atoms with van der Waals surface area (Å²) in [5.41, 5.74) is -0.522. The molecule has 2 amide bonds. The molecule has 0 bridgehead atoms. The fourth-order valence-electron chi connectivity index (χ4n) is 1.60. The largest absolute Gasteiger partial charge is 0.343 e. The Morgan fingerprint density at radius 2 is 1.80 bits per heavy atom. The van der Waals surface area contributed by atoms with E-state index < -0.39 is 11.5 Å². The van der Waals surface area contributed by atoms with Crippen LogP contribution in [0.3, 0.4) is 0 Å². The summed E-state index contributed by atoms with van der Waals surface area (Å²) in [5.74, 6) is -0.251. The summed E-state index contributed by atoms with van der Waals surface area (Å²) in [6, 6.07) is -0.735. The molecule has 0 aromatic carbocycles. The second-order valence-corrected chi connectivity index (χ2v) is 6.03. The highest BCUT2D eigenvalue weighted by Gasteiger charge is 2.32. The van der Waals surface area contributed by atoms with Gasteiger partial charge in [-0.2, -0.15) is 0 Å². The molecule has 0 aromatic rings. The van der Waals surface area contributed by atoms with E-state index >= 15 is 0 Å². The number of carbonyl (C=O) groups is 3. The summed E-state index contributed by atoms with van der Waals surface area (Å²) in [6.45, 7) is 6.61. The Hall–Kier alpha value is -1.43. The highest BCUT2D eigenvalue weighted by molar-refractivity contribution is 5.92. The van der Waals surface area contributed by atoms with Gasteiger partial charge in [-0.15, -0.1) is 0 Å². The molecule has 0 fully saturated rings. The van der Waals surface area contributed by atoms with Crippen molar-refractivity contribution in [2.75, 3.05) is 34.2 Å². The molecule has 0 aliphatic rings. The lowest BCUT2D eigenvalue weighted by Gasteiger charge is -2.29. The number of ketones is 1. The van der Waals surface area contributed by atoms with E-state index in [1.807, 2.05) is 20.8 Å². The third-order valence-electron chi connectivity index (χ3n) is 3.23. The molecule has 6 nitrogen and oxygen atoms in total. The Bertz CT molecular complexity index is 350. The predicted molar refractivity (Wildman–Crippen MR) is 78.3 cm³/mol. The third-order valence-corrected chi connectivity index (χ3v) is 3.23. The van der Waals surface area contributed by atoms with Crippen LogP contribution >= 0.6 is 0 Å². The maximum absolute atomic E-state index is 12.4. The van der Waals surface area contributed by atoms with Gasteiger partial charge in [0.1, 0.15) is 11.8 Å². The van der Waals surface area contributed by atoms with Crippen molar-refractivity contribution in [2.24, 2.45) is 5.41 Å². The lowest BCUT2D eigenvalue weighted by molar-refractivity contribution is -0.142. The van der Waals surface area contributed by atoms with Crippen molar-refractivity contribution in [2.45, 2.75) is 33.2 Å². The Balaban J connectivity index is 4.93. The first-order valence-corrected chi connectivity index (χ1v) is 6.75. The van der Waals surface area contributed by atoms with Gasteiger partial charge in [-0.25, -0.2) is 0 Å². The minimum absolute atomic E-state index is 0.0356. The molecular weight excluding hydrogens is 258 g/mol. The maximum atomic E-state index is 12.4. The first-order valence-electron chi connectivity index (χ1n) is 6.75. The van der Waals surface area contributed by atoms with Crippen molar-refractivity contribution in [3.63, 3.8) is 0 Å². The smallest absolute Gasteiger partial charge is 0.245 e. The zero-order valence-electron chi connectivity index (χ0n) is 13.4. The SMILES string of the molecule is CNCCN(C)C(=O)C(CC(=O)C(C)(C)C)N(C)C=O. The molecule has 0 spiro atoms. The third kappa shape index (κ3) is 5.69. The molecule has 0 heterocycles. The van der Waals surface area contributed by atoms with Gasteiger partial charge < -0.3 is 15.1 Å². The van der Waals surface area contributed by atoms with E-state index in [4.69, 9.17) is 0 Å². The highest BCUT2D eigenvalue weighted by atomic mass is 16.2. The number of carbonyl (C=O) groups excluding carboxylic acids is 3. The van der Waals surface area contributed by atoms with Crippen LogP contribution in [0.4, 0.5) is 0 Å². The Morgan fingerprint density at radius 3 is 2.20 bits per heavy atom. The Labute approximate surface area is 121 Å². The molecule has 20 heavy (non-hydrogen) atoms. The lowest BCUT2D eigenvalue weighted by atomic mass is 9.86. The van der Waals surface area contributed by atoms with Crippen molar-refractivity contribution in [1.82, 2.24) is 15.1 Å². The Morgan fingerprint density at radius 1 is 1.25 bits per heavy atom. The lowest BCUT2D eigenvalue weighted by Crippen LogP contribution is -2.48.